The number of nitrogens with one attached hydrogen (secondary N) is 1. The summed E-state index contributed by atoms with van der Waals surface area (Å²) >= 11 is 0. The van der Waals surface area contributed by atoms with Crippen LogP contribution in [0.15, 0.2) is 42.6 Å². The van der Waals surface area contributed by atoms with Crippen molar-refractivity contribution in [1.29, 1.82) is 0 Å². The third-order valence-corrected chi connectivity index (χ3v) is 4.57. The maximum atomic E-state index is 12.8. The van der Waals surface area contributed by atoms with Gasteiger partial charge in [-0.25, -0.2) is 0 Å². The van der Waals surface area contributed by atoms with Crippen molar-refractivity contribution in [2.75, 3.05) is 20.2 Å². The molecule has 0 radical (unpaired) electrons. The number of amides is 2. The van der Waals surface area contributed by atoms with E-state index in [-0.39, 0.29) is 17.9 Å². The van der Waals surface area contributed by atoms with Crippen LogP contribution in [-0.4, -0.2) is 47.5 Å². The summed E-state index contributed by atoms with van der Waals surface area (Å²) in [6, 6.07) is 10.8. The first kappa shape index (κ1) is 18.0. The van der Waals surface area contributed by atoms with Crippen LogP contribution in [0.3, 0.4) is 0 Å². The van der Waals surface area contributed by atoms with E-state index in [0.29, 0.717) is 42.6 Å². The average Bonchev–Trinajstić information content (AvgIpc) is 3.10. The summed E-state index contributed by atoms with van der Waals surface area (Å²) in [5.41, 5.74) is 1.20. The van der Waals surface area contributed by atoms with Crippen molar-refractivity contribution >= 4 is 11.8 Å². The highest BCUT2D eigenvalue weighted by Crippen LogP contribution is 2.20. The van der Waals surface area contributed by atoms with Gasteiger partial charge in [-0.05, 0) is 30.2 Å². The monoisotopic (exact) mass is 355 g/mol. The summed E-state index contributed by atoms with van der Waals surface area (Å²) in [6.07, 6.45) is 1.91. The first-order valence-electron chi connectivity index (χ1n) is 8.88. The first-order chi connectivity index (χ1) is 12.5. The highest BCUT2D eigenvalue weighted by Gasteiger charge is 2.32. The van der Waals surface area contributed by atoms with Gasteiger partial charge in [-0.2, -0.15) is 0 Å². The summed E-state index contributed by atoms with van der Waals surface area (Å²) in [5.74, 6) is 0.716. The van der Waals surface area contributed by atoms with Crippen molar-refractivity contribution in [2.24, 2.45) is 5.92 Å². The SMILES string of the molecule is COc1ccccc1C(=O)NCC1Cn2cccc2C(=O)N1CC(C)C. The number of carbonyl (C=O) groups is 2. The second kappa shape index (κ2) is 7.64. The van der Waals surface area contributed by atoms with Crippen molar-refractivity contribution < 1.29 is 14.3 Å². The minimum Gasteiger partial charge on any atom is -0.496 e. The maximum Gasteiger partial charge on any atom is 0.270 e. The molecule has 0 bridgehead atoms. The number of carbonyl (C=O) groups excluding carboxylic acids is 2. The van der Waals surface area contributed by atoms with E-state index in [2.05, 4.69) is 19.2 Å². The van der Waals surface area contributed by atoms with E-state index in [4.69, 9.17) is 4.74 Å². The molecule has 2 aromatic rings. The molecule has 138 valence electrons. The van der Waals surface area contributed by atoms with E-state index in [1.807, 2.05) is 33.9 Å². The zero-order valence-electron chi connectivity index (χ0n) is 15.4. The van der Waals surface area contributed by atoms with Crippen LogP contribution in [0.2, 0.25) is 0 Å². The smallest absolute Gasteiger partial charge is 0.270 e. The number of methoxy groups -OCH3 is 1. The Balaban J connectivity index is 1.75. The van der Waals surface area contributed by atoms with Gasteiger partial charge in [0, 0.05) is 25.8 Å². The summed E-state index contributed by atoms with van der Waals surface area (Å²) in [6.45, 7) is 5.91. The van der Waals surface area contributed by atoms with E-state index in [0.717, 1.165) is 0 Å². The van der Waals surface area contributed by atoms with Crippen LogP contribution in [0.25, 0.3) is 0 Å². The Bertz CT molecular complexity index is 797. The molecule has 0 saturated heterocycles. The minimum atomic E-state index is -0.197. The lowest BCUT2D eigenvalue weighted by Gasteiger charge is -2.37. The molecular formula is C20H25N3O3. The number of benzene rings is 1. The lowest BCUT2D eigenvalue weighted by Crippen LogP contribution is -2.53. The van der Waals surface area contributed by atoms with Gasteiger partial charge in [-0.15, -0.1) is 0 Å². The molecule has 0 fully saturated rings. The van der Waals surface area contributed by atoms with Crippen LogP contribution in [-0.2, 0) is 6.54 Å². The van der Waals surface area contributed by atoms with E-state index in [1.54, 1.807) is 25.3 Å². The first-order valence-corrected chi connectivity index (χ1v) is 8.88. The molecule has 1 aromatic carbocycles. The van der Waals surface area contributed by atoms with Crippen LogP contribution >= 0.6 is 0 Å². The molecule has 1 aliphatic heterocycles. The molecule has 1 N–H and O–H groups in total. The normalized spacial score (nSPS) is 16.5. The predicted octanol–water partition coefficient (Wildman–Crippen LogP) is 2.41. The Morgan fingerprint density at radius 3 is 2.77 bits per heavy atom. The lowest BCUT2D eigenvalue weighted by atomic mass is 10.1. The minimum absolute atomic E-state index is 0.0199. The van der Waals surface area contributed by atoms with Crippen LogP contribution in [0, 0.1) is 5.92 Å². The Hall–Kier alpha value is -2.76. The lowest BCUT2D eigenvalue weighted by molar-refractivity contribution is 0.0553. The zero-order valence-corrected chi connectivity index (χ0v) is 15.4. The van der Waals surface area contributed by atoms with Gasteiger partial charge < -0.3 is 19.5 Å². The fourth-order valence-electron chi connectivity index (χ4n) is 3.34. The van der Waals surface area contributed by atoms with E-state index >= 15 is 0 Å². The molecule has 1 unspecified atom stereocenters. The number of hydrogen-bond acceptors (Lipinski definition) is 3. The Kier molecular flexibility index (Phi) is 5.30. The fourth-order valence-corrected chi connectivity index (χ4v) is 3.34. The second-order valence-corrected chi connectivity index (χ2v) is 6.96. The number of rotatable bonds is 6. The number of para-hydroxylation sites is 1. The van der Waals surface area contributed by atoms with Crippen LogP contribution in [0.4, 0.5) is 0 Å². The summed E-state index contributed by atoms with van der Waals surface area (Å²) in [4.78, 5) is 27.3. The van der Waals surface area contributed by atoms with Gasteiger partial charge in [-0.3, -0.25) is 9.59 Å². The quantitative estimate of drug-likeness (QED) is 0.865. The van der Waals surface area contributed by atoms with Gasteiger partial charge in [0.25, 0.3) is 11.8 Å². The summed E-state index contributed by atoms with van der Waals surface area (Å²) in [5, 5.41) is 2.96. The van der Waals surface area contributed by atoms with Crippen molar-refractivity contribution in [2.45, 2.75) is 26.4 Å². The van der Waals surface area contributed by atoms with Gasteiger partial charge >= 0.3 is 0 Å². The van der Waals surface area contributed by atoms with E-state index in [9.17, 15) is 9.59 Å². The number of fused-ring (bicyclic) bond motifs is 1. The molecule has 0 spiro atoms. The van der Waals surface area contributed by atoms with Gasteiger partial charge in [0.1, 0.15) is 11.4 Å². The Morgan fingerprint density at radius 1 is 1.27 bits per heavy atom. The van der Waals surface area contributed by atoms with Crippen LogP contribution < -0.4 is 10.1 Å². The van der Waals surface area contributed by atoms with Gasteiger partial charge in [0.2, 0.25) is 0 Å². The molecule has 2 amide bonds. The highest BCUT2D eigenvalue weighted by molar-refractivity contribution is 5.97. The number of ether oxygens (including phenoxy) is 1. The van der Waals surface area contributed by atoms with Crippen molar-refractivity contribution in [3.8, 4) is 5.75 Å². The number of nitrogens with zero attached hydrogens (tertiary/aromatic N) is 2. The maximum absolute atomic E-state index is 12.8. The molecule has 26 heavy (non-hydrogen) atoms. The molecule has 1 atom stereocenters. The topological polar surface area (TPSA) is 63.6 Å². The van der Waals surface area contributed by atoms with Crippen LogP contribution in [0.5, 0.6) is 5.75 Å². The molecule has 6 nitrogen and oxygen atoms in total. The van der Waals surface area contributed by atoms with Crippen molar-refractivity contribution in [3.63, 3.8) is 0 Å². The number of aromatic nitrogens is 1. The van der Waals surface area contributed by atoms with Gasteiger partial charge in [0.15, 0.2) is 0 Å². The predicted molar refractivity (Wildman–Crippen MR) is 99.4 cm³/mol. The van der Waals surface area contributed by atoms with Gasteiger partial charge in [-0.1, -0.05) is 26.0 Å². The molecule has 0 saturated carbocycles. The molecule has 1 aromatic heterocycles. The molecule has 2 heterocycles. The summed E-state index contributed by atoms with van der Waals surface area (Å²) < 4.78 is 7.21. The summed E-state index contributed by atoms with van der Waals surface area (Å²) in [7, 11) is 1.55. The Morgan fingerprint density at radius 2 is 2.04 bits per heavy atom. The second-order valence-electron chi connectivity index (χ2n) is 6.96. The van der Waals surface area contributed by atoms with Crippen molar-refractivity contribution in [1.82, 2.24) is 14.8 Å². The molecule has 3 rings (SSSR count). The number of hydrogen-bond donors (Lipinski definition) is 1. The standard InChI is InChI=1S/C20H25N3O3/c1-14(2)12-23-15(13-22-10-6-8-17(22)20(23)25)11-21-19(24)16-7-4-5-9-18(16)26-3/h4-10,14-15H,11-13H2,1-3H3,(H,21,24). The molecule has 6 heteroatoms. The largest absolute Gasteiger partial charge is 0.496 e. The Labute approximate surface area is 153 Å². The van der Waals surface area contributed by atoms with E-state index in [1.165, 1.54) is 0 Å². The highest BCUT2D eigenvalue weighted by atomic mass is 16.5. The van der Waals surface area contributed by atoms with Crippen molar-refractivity contribution in [3.05, 3.63) is 53.9 Å². The molecule has 0 aliphatic carbocycles. The van der Waals surface area contributed by atoms with Crippen LogP contribution in [0.1, 0.15) is 34.7 Å². The zero-order chi connectivity index (χ0) is 18.7. The third-order valence-electron chi connectivity index (χ3n) is 4.57. The van der Waals surface area contributed by atoms with E-state index < -0.39 is 0 Å². The average molecular weight is 355 g/mol. The third kappa shape index (κ3) is 3.59. The van der Waals surface area contributed by atoms with Gasteiger partial charge in [0.05, 0.1) is 18.7 Å². The molecular weight excluding hydrogens is 330 g/mol. The fraction of sp³-hybridized carbons (Fsp3) is 0.400. The molecule has 1 aliphatic rings.